The summed E-state index contributed by atoms with van der Waals surface area (Å²) in [5.74, 6) is -1.20. The van der Waals surface area contributed by atoms with Crippen molar-refractivity contribution in [2.75, 3.05) is 0 Å². The van der Waals surface area contributed by atoms with Gasteiger partial charge in [-0.3, -0.25) is 9.59 Å². The van der Waals surface area contributed by atoms with Gasteiger partial charge in [0.05, 0.1) is 12.1 Å². The highest BCUT2D eigenvalue weighted by Crippen LogP contribution is 2.24. The summed E-state index contributed by atoms with van der Waals surface area (Å²) in [7, 11) is 0. The lowest BCUT2D eigenvalue weighted by Crippen LogP contribution is -2.18. The molecule has 1 heterocycles. The highest BCUT2D eigenvalue weighted by molar-refractivity contribution is 9.10. The van der Waals surface area contributed by atoms with Crippen molar-refractivity contribution >= 4 is 21.9 Å². The molecule has 0 saturated heterocycles. The number of carboxylic acids is 1. The molecule has 1 aromatic rings. The molecule has 1 rings (SSSR count). The van der Waals surface area contributed by atoms with E-state index in [1.165, 1.54) is 0 Å². The Hall–Kier alpha value is -1.24. The molecule has 0 aliphatic rings. The van der Waals surface area contributed by atoms with E-state index in [4.69, 9.17) is 5.11 Å². The summed E-state index contributed by atoms with van der Waals surface area (Å²) in [6, 6.07) is 1.09. The lowest BCUT2D eigenvalue weighted by Gasteiger charge is -2.04. The summed E-state index contributed by atoms with van der Waals surface area (Å²) in [5.41, 5.74) is -1.43. The van der Waals surface area contributed by atoms with Gasteiger partial charge in [0.15, 0.2) is 0 Å². The van der Waals surface area contributed by atoms with Gasteiger partial charge in [-0.05, 0) is 22.0 Å². The zero-order valence-corrected chi connectivity index (χ0v) is 8.85. The molecule has 0 amide bonds. The predicted octanol–water partition coefficient (Wildman–Crippen LogP) is 1.70. The number of hydrogen-bond donors (Lipinski definition) is 2. The molecule has 0 aliphatic carbocycles. The molecule has 0 fully saturated rings. The van der Waals surface area contributed by atoms with E-state index in [1.54, 1.807) is 0 Å². The molecular formula is C8H6BrF2NO3. The summed E-state index contributed by atoms with van der Waals surface area (Å²) in [6.07, 6.45) is -3.32. The molecule has 1 aromatic heterocycles. The normalized spacial score (nSPS) is 10.7. The third kappa shape index (κ3) is 2.85. The number of alkyl halides is 2. The molecule has 2 N–H and O–H groups in total. The fourth-order valence-corrected chi connectivity index (χ4v) is 1.56. The van der Waals surface area contributed by atoms with Crippen LogP contribution in [0.4, 0.5) is 8.78 Å². The highest BCUT2D eigenvalue weighted by atomic mass is 79.9. The first kappa shape index (κ1) is 11.8. The fourth-order valence-electron chi connectivity index (χ4n) is 1.01. The number of H-pyrrole nitrogens is 1. The average Bonchev–Trinajstić information content (AvgIpc) is 2.09. The monoisotopic (exact) mass is 281 g/mol. The Labute approximate surface area is 91.1 Å². The van der Waals surface area contributed by atoms with E-state index >= 15 is 0 Å². The molecule has 0 radical (unpaired) electrons. The number of aromatic nitrogens is 1. The lowest BCUT2D eigenvalue weighted by atomic mass is 10.2. The third-order valence-corrected chi connectivity index (χ3v) is 2.31. The number of aromatic amines is 1. The van der Waals surface area contributed by atoms with Gasteiger partial charge < -0.3 is 10.1 Å². The highest BCUT2D eigenvalue weighted by Gasteiger charge is 2.15. The zero-order chi connectivity index (χ0) is 11.6. The van der Waals surface area contributed by atoms with Gasteiger partial charge in [0.2, 0.25) is 0 Å². The van der Waals surface area contributed by atoms with Crippen LogP contribution in [0.1, 0.15) is 17.7 Å². The number of halogens is 3. The quantitative estimate of drug-likeness (QED) is 0.886. The molecule has 7 heteroatoms. The van der Waals surface area contributed by atoms with Gasteiger partial charge in [0, 0.05) is 10.0 Å². The van der Waals surface area contributed by atoms with Gasteiger partial charge in [-0.25, -0.2) is 8.78 Å². The Morgan fingerprint density at radius 3 is 2.67 bits per heavy atom. The predicted molar refractivity (Wildman–Crippen MR) is 51.1 cm³/mol. The number of aliphatic carboxylic acids is 1. The lowest BCUT2D eigenvalue weighted by molar-refractivity contribution is -0.136. The first-order valence-corrected chi connectivity index (χ1v) is 4.62. The van der Waals surface area contributed by atoms with Crippen LogP contribution in [-0.2, 0) is 11.2 Å². The minimum absolute atomic E-state index is 0.00616. The Kier molecular flexibility index (Phi) is 3.57. The van der Waals surface area contributed by atoms with E-state index in [0.717, 1.165) is 6.07 Å². The summed E-state index contributed by atoms with van der Waals surface area (Å²) in [4.78, 5) is 23.4. The molecule has 0 aromatic carbocycles. The van der Waals surface area contributed by atoms with E-state index in [2.05, 4.69) is 15.9 Å². The van der Waals surface area contributed by atoms with Crippen molar-refractivity contribution in [3.05, 3.63) is 32.2 Å². The molecule has 0 aliphatic heterocycles. The second-order valence-electron chi connectivity index (χ2n) is 2.76. The second kappa shape index (κ2) is 4.52. The molecule has 0 spiro atoms. The van der Waals surface area contributed by atoms with Crippen molar-refractivity contribution in [3.63, 3.8) is 0 Å². The fraction of sp³-hybridized carbons (Fsp3) is 0.250. The van der Waals surface area contributed by atoms with Crippen LogP contribution in [0.15, 0.2) is 15.3 Å². The Morgan fingerprint density at radius 1 is 1.60 bits per heavy atom. The molecular weight excluding hydrogens is 276 g/mol. The van der Waals surface area contributed by atoms with Crippen molar-refractivity contribution in [2.24, 2.45) is 0 Å². The van der Waals surface area contributed by atoms with Crippen molar-refractivity contribution in [1.29, 1.82) is 0 Å². The van der Waals surface area contributed by atoms with E-state index < -0.39 is 30.1 Å². The SMILES string of the molecule is O=C(O)Cc1cc(Br)c(C(F)F)[nH]c1=O. The summed E-state index contributed by atoms with van der Waals surface area (Å²) in [5, 5.41) is 8.44. The van der Waals surface area contributed by atoms with Crippen LogP contribution in [0.5, 0.6) is 0 Å². The third-order valence-electron chi connectivity index (χ3n) is 1.66. The molecule has 15 heavy (non-hydrogen) atoms. The number of carboxylic acid groups (broad SMARTS) is 1. The van der Waals surface area contributed by atoms with Gasteiger partial charge in [-0.1, -0.05) is 0 Å². The van der Waals surface area contributed by atoms with Crippen LogP contribution >= 0.6 is 15.9 Å². The maximum Gasteiger partial charge on any atom is 0.308 e. The molecule has 0 atom stereocenters. The maximum absolute atomic E-state index is 12.3. The van der Waals surface area contributed by atoms with Crippen molar-refractivity contribution < 1.29 is 18.7 Å². The largest absolute Gasteiger partial charge is 0.481 e. The number of pyridine rings is 1. The topological polar surface area (TPSA) is 70.2 Å². The van der Waals surface area contributed by atoms with Gasteiger partial charge >= 0.3 is 5.97 Å². The van der Waals surface area contributed by atoms with Crippen LogP contribution in [0.3, 0.4) is 0 Å². The van der Waals surface area contributed by atoms with Gasteiger partial charge in [0.25, 0.3) is 12.0 Å². The first-order chi connectivity index (χ1) is 6.91. The van der Waals surface area contributed by atoms with Gasteiger partial charge in [-0.15, -0.1) is 0 Å². The van der Waals surface area contributed by atoms with Crippen molar-refractivity contribution in [1.82, 2.24) is 4.98 Å². The van der Waals surface area contributed by atoms with Crippen LogP contribution < -0.4 is 5.56 Å². The van der Waals surface area contributed by atoms with Gasteiger partial charge in [-0.2, -0.15) is 0 Å². The summed E-state index contributed by atoms with van der Waals surface area (Å²) in [6.45, 7) is 0. The molecule has 82 valence electrons. The van der Waals surface area contributed by atoms with E-state index in [1.807, 2.05) is 4.98 Å². The molecule has 0 bridgehead atoms. The van der Waals surface area contributed by atoms with Crippen LogP contribution in [-0.4, -0.2) is 16.1 Å². The van der Waals surface area contributed by atoms with Crippen LogP contribution in [0.2, 0.25) is 0 Å². The Morgan fingerprint density at radius 2 is 2.20 bits per heavy atom. The Bertz CT molecular complexity index is 444. The zero-order valence-electron chi connectivity index (χ0n) is 7.26. The average molecular weight is 282 g/mol. The standard InChI is InChI=1S/C8H6BrF2NO3/c9-4-1-3(2-5(13)14)8(15)12-6(4)7(10)11/h1,7H,2H2,(H,12,15)(H,13,14). The summed E-state index contributed by atoms with van der Waals surface area (Å²) >= 11 is 2.83. The minimum Gasteiger partial charge on any atom is -0.481 e. The van der Waals surface area contributed by atoms with Crippen LogP contribution in [0, 0.1) is 0 Å². The van der Waals surface area contributed by atoms with Crippen molar-refractivity contribution in [3.8, 4) is 0 Å². The number of carbonyl (C=O) groups is 1. The maximum atomic E-state index is 12.3. The smallest absolute Gasteiger partial charge is 0.308 e. The molecule has 0 saturated carbocycles. The minimum atomic E-state index is -2.81. The van der Waals surface area contributed by atoms with E-state index in [-0.39, 0.29) is 10.0 Å². The first-order valence-electron chi connectivity index (χ1n) is 3.83. The number of rotatable bonds is 3. The van der Waals surface area contributed by atoms with Crippen LogP contribution in [0.25, 0.3) is 0 Å². The molecule has 4 nitrogen and oxygen atoms in total. The molecule has 0 unspecified atom stereocenters. The number of hydrogen-bond acceptors (Lipinski definition) is 2. The summed E-state index contributed by atoms with van der Waals surface area (Å²) < 4.78 is 24.6. The second-order valence-corrected chi connectivity index (χ2v) is 3.61. The van der Waals surface area contributed by atoms with Gasteiger partial charge in [0.1, 0.15) is 0 Å². The number of nitrogens with one attached hydrogen (secondary N) is 1. The Balaban J connectivity index is 3.20. The van der Waals surface area contributed by atoms with E-state index in [9.17, 15) is 18.4 Å². The van der Waals surface area contributed by atoms with Crippen molar-refractivity contribution in [2.45, 2.75) is 12.8 Å². The van der Waals surface area contributed by atoms with E-state index in [0.29, 0.717) is 0 Å².